The summed E-state index contributed by atoms with van der Waals surface area (Å²) in [5, 5.41) is 14.3. The van der Waals surface area contributed by atoms with Crippen LogP contribution in [0.5, 0.6) is 0 Å². The quantitative estimate of drug-likeness (QED) is 0.584. The summed E-state index contributed by atoms with van der Waals surface area (Å²) in [4.78, 5) is 29.1. The lowest BCUT2D eigenvalue weighted by molar-refractivity contribution is -0.133. The number of aryl methyl sites for hydroxylation is 1. The lowest BCUT2D eigenvalue weighted by Gasteiger charge is -2.40. The van der Waals surface area contributed by atoms with Crippen LogP contribution in [-0.4, -0.2) is 80.1 Å². The molecule has 1 saturated heterocycles. The van der Waals surface area contributed by atoms with Crippen molar-refractivity contribution in [3.63, 3.8) is 0 Å². The second-order valence-electron chi connectivity index (χ2n) is 9.20. The van der Waals surface area contributed by atoms with Crippen LogP contribution in [0.3, 0.4) is 0 Å². The molecule has 2 unspecified atom stereocenters. The number of piperazine rings is 1. The Bertz CT molecular complexity index is 1210. The molecular weight excluding hydrogens is 449 g/mol. The second kappa shape index (κ2) is 10.3. The molecule has 2 heterocycles. The minimum Gasteiger partial charge on any atom is -0.348 e. The van der Waals surface area contributed by atoms with E-state index < -0.39 is 0 Å². The van der Waals surface area contributed by atoms with Crippen molar-refractivity contribution in [2.45, 2.75) is 39.8 Å². The Labute approximate surface area is 203 Å². The molecule has 0 aliphatic carbocycles. The minimum absolute atomic E-state index is 0.0850. The van der Waals surface area contributed by atoms with Gasteiger partial charge in [-0.3, -0.25) is 14.5 Å². The van der Waals surface area contributed by atoms with Gasteiger partial charge in [-0.25, -0.2) is 9.07 Å². The fourth-order valence-corrected chi connectivity index (χ4v) is 4.57. The van der Waals surface area contributed by atoms with E-state index in [2.05, 4.69) is 25.7 Å². The summed E-state index contributed by atoms with van der Waals surface area (Å²) in [7, 11) is 0. The molecule has 2 amide bonds. The zero-order valence-electron chi connectivity index (χ0n) is 20.4. The Kier molecular flexibility index (Phi) is 7.20. The lowest BCUT2D eigenvalue weighted by Crippen LogP contribution is -2.55. The standard InChI is InChI=1S/C25H30FN7O2/c1-16-5-6-23(24(26)9-16)20-10-21(12-22(11-20)33-15-27-29-30-33)25(35)28-17(2)13-31-7-8-32(19(4)34)18(3)14-31/h5-6,9-12,15,17-18H,7-8,13-14H2,1-4H3,(H,28,35). The number of amides is 2. The molecule has 0 saturated carbocycles. The van der Waals surface area contributed by atoms with Crippen molar-refractivity contribution in [3.8, 4) is 16.8 Å². The summed E-state index contributed by atoms with van der Waals surface area (Å²) in [6, 6.07) is 10.1. The average Bonchev–Trinajstić information content (AvgIpc) is 3.33. The lowest BCUT2D eigenvalue weighted by atomic mass is 10.00. The maximum atomic E-state index is 14.7. The molecule has 10 heteroatoms. The number of aromatic nitrogens is 4. The molecule has 1 aromatic heterocycles. The van der Waals surface area contributed by atoms with Gasteiger partial charge in [0.2, 0.25) is 5.91 Å². The molecule has 2 atom stereocenters. The van der Waals surface area contributed by atoms with Gasteiger partial charge in [-0.15, -0.1) is 5.10 Å². The van der Waals surface area contributed by atoms with E-state index >= 15 is 0 Å². The van der Waals surface area contributed by atoms with Crippen LogP contribution >= 0.6 is 0 Å². The zero-order chi connectivity index (χ0) is 25.1. The van der Waals surface area contributed by atoms with E-state index in [-0.39, 0.29) is 29.7 Å². The highest BCUT2D eigenvalue weighted by Gasteiger charge is 2.26. The van der Waals surface area contributed by atoms with Gasteiger partial charge in [0.25, 0.3) is 5.91 Å². The first kappa shape index (κ1) is 24.5. The molecular formula is C25H30FN7O2. The highest BCUT2D eigenvalue weighted by atomic mass is 19.1. The summed E-state index contributed by atoms with van der Waals surface area (Å²) in [6.07, 6.45) is 1.43. The summed E-state index contributed by atoms with van der Waals surface area (Å²) < 4.78 is 16.2. The van der Waals surface area contributed by atoms with Gasteiger partial charge in [-0.05, 0) is 66.6 Å². The Morgan fingerprint density at radius 1 is 1.20 bits per heavy atom. The monoisotopic (exact) mass is 479 g/mol. The van der Waals surface area contributed by atoms with Gasteiger partial charge in [0, 0.05) is 56.3 Å². The van der Waals surface area contributed by atoms with Gasteiger partial charge in [0.05, 0.1) is 5.69 Å². The van der Waals surface area contributed by atoms with Crippen LogP contribution in [0.15, 0.2) is 42.7 Å². The Morgan fingerprint density at radius 3 is 2.66 bits per heavy atom. The maximum Gasteiger partial charge on any atom is 0.251 e. The SMILES string of the molecule is CC(=O)N1CCN(CC(C)NC(=O)c2cc(-c3ccc(C)cc3F)cc(-n3cnnn3)c2)CC1C. The van der Waals surface area contributed by atoms with E-state index in [1.54, 1.807) is 31.2 Å². The molecule has 0 radical (unpaired) electrons. The molecule has 3 aromatic rings. The fraction of sp³-hybridized carbons (Fsp3) is 0.400. The molecule has 1 N–H and O–H groups in total. The first-order chi connectivity index (χ1) is 16.7. The second-order valence-corrected chi connectivity index (χ2v) is 9.20. The van der Waals surface area contributed by atoms with Crippen molar-refractivity contribution in [1.29, 1.82) is 0 Å². The van der Waals surface area contributed by atoms with Crippen LogP contribution in [0, 0.1) is 12.7 Å². The van der Waals surface area contributed by atoms with E-state index in [0.29, 0.717) is 35.5 Å². The van der Waals surface area contributed by atoms with Gasteiger partial charge in [-0.1, -0.05) is 12.1 Å². The third-order valence-electron chi connectivity index (χ3n) is 6.25. The molecule has 0 bridgehead atoms. The van der Waals surface area contributed by atoms with Crippen LogP contribution in [0.1, 0.15) is 36.7 Å². The molecule has 9 nitrogen and oxygen atoms in total. The Balaban J connectivity index is 1.53. The summed E-state index contributed by atoms with van der Waals surface area (Å²) in [6.45, 7) is 10.3. The number of benzene rings is 2. The van der Waals surface area contributed by atoms with E-state index in [0.717, 1.165) is 18.7 Å². The topological polar surface area (TPSA) is 96.2 Å². The molecule has 0 spiro atoms. The third-order valence-corrected chi connectivity index (χ3v) is 6.25. The van der Waals surface area contributed by atoms with Gasteiger partial charge in [0.1, 0.15) is 12.1 Å². The van der Waals surface area contributed by atoms with Crippen LogP contribution < -0.4 is 5.32 Å². The molecule has 4 rings (SSSR count). The predicted octanol–water partition coefficient (Wildman–Crippen LogP) is 2.45. The normalized spacial score (nSPS) is 17.3. The minimum atomic E-state index is -0.364. The summed E-state index contributed by atoms with van der Waals surface area (Å²) >= 11 is 0. The van der Waals surface area contributed by atoms with E-state index in [4.69, 9.17) is 0 Å². The first-order valence-corrected chi connectivity index (χ1v) is 11.7. The summed E-state index contributed by atoms with van der Waals surface area (Å²) in [5.41, 5.74) is 2.70. The number of carbonyl (C=O) groups is 2. The van der Waals surface area contributed by atoms with Crippen LogP contribution in [0.25, 0.3) is 16.8 Å². The largest absolute Gasteiger partial charge is 0.348 e. The number of nitrogens with zero attached hydrogens (tertiary/aromatic N) is 6. The van der Waals surface area contributed by atoms with E-state index in [9.17, 15) is 14.0 Å². The number of tetrazole rings is 1. The van der Waals surface area contributed by atoms with Crippen LogP contribution in [-0.2, 0) is 4.79 Å². The van der Waals surface area contributed by atoms with Crippen molar-refractivity contribution in [2.24, 2.45) is 0 Å². The van der Waals surface area contributed by atoms with Gasteiger partial charge < -0.3 is 10.2 Å². The molecule has 1 aliphatic rings. The highest BCUT2D eigenvalue weighted by Crippen LogP contribution is 2.27. The predicted molar refractivity (Wildman–Crippen MR) is 130 cm³/mol. The average molecular weight is 480 g/mol. The number of hydrogen-bond donors (Lipinski definition) is 1. The van der Waals surface area contributed by atoms with Gasteiger partial charge in [0.15, 0.2) is 0 Å². The van der Waals surface area contributed by atoms with Crippen molar-refractivity contribution in [1.82, 2.24) is 35.3 Å². The number of hydrogen-bond acceptors (Lipinski definition) is 6. The molecule has 184 valence electrons. The van der Waals surface area contributed by atoms with E-state index in [1.165, 1.54) is 17.1 Å². The van der Waals surface area contributed by atoms with Crippen LogP contribution in [0.2, 0.25) is 0 Å². The third kappa shape index (κ3) is 5.71. The molecule has 2 aromatic carbocycles. The maximum absolute atomic E-state index is 14.7. The highest BCUT2D eigenvalue weighted by molar-refractivity contribution is 5.96. The molecule has 1 fully saturated rings. The number of rotatable bonds is 6. The number of carbonyl (C=O) groups excluding carboxylic acids is 2. The van der Waals surface area contributed by atoms with Gasteiger partial charge in [-0.2, -0.15) is 0 Å². The van der Waals surface area contributed by atoms with Gasteiger partial charge >= 0.3 is 0 Å². The van der Waals surface area contributed by atoms with Crippen molar-refractivity contribution in [3.05, 3.63) is 59.7 Å². The number of nitrogens with one attached hydrogen (secondary N) is 1. The molecule has 1 aliphatic heterocycles. The smallest absolute Gasteiger partial charge is 0.251 e. The van der Waals surface area contributed by atoms with Crippen molar-refractivity contribution < 1.29 is 14.0 Å². The van der Waals surface area contributed by atoms with Crippen LogP contribution in [0.4, 0.5) is 4.39 Å². The first-order valence-electron chi connectivity index (χ1n) is 11.7. The Hall–Kier alpha value is -3.66. The Morgan fingerprint density at radius 2 is 2.00 bits per heavy atom. The summed E-state index contributed by atoms with van der Waals surface area (Å²) in [5.74, 6) is -0.546. The zero-order valence-corrected chi connectivity index (χ0v) is 20.4. The van der Waals surface area contributed by atoms with Crippen molar-refractivity contribution in [2.75, 3.05) is 26.2 Å². The molecule has 35 heavy (non-hydrogen) atoms. The number of halogens is 1. The van der Waals surface area contributed by atoms with E-state index in [1.807, 2.05) is 31.7 Å². The fourth-order valence-electron chi connectivity index (χ4n) is 4.57. The van der Waals surface area contributed by atoms with Crippen molar-refractivity contribution >= 4 is 11.8 Å².